The summed E-state index contributed by atoms with van der Waals surface area (Å²) in [6.07, 6.45) is 10.2. The predicted molar refractivity (Wildman–Crippen MR) is 56.8 cm³/mol. The summed E-state index contributed by atoms with van der Waals surface area (Å²) in [5.74, 6) is 1.92. The van der Waals surface area contributed by atoms with Gasteiger partial charge in [0.25, 0.3) is 0 Å². The van der Waals surface area contributed by atoms with Crippen molar-refractivity contribution in [3.05, 3.63) is 0 Å². The van der Waals surface area contributed by atoms with Crippen LogP contribution in [0.5, 0.6) is 0 Å². The Morgan fingerprint density at radius 3 is 2.46 bits per heavy atom. The normalized spacial score (nSPS) is 41.8. The molecule has 0 spiro atoms. The second-order valence-corrected chi connectivity index (χ2v) is 5.00. The van der Waals surface area contributed by atoms with Gasteiger partial charge in [0.1, 0.15) is 0 Å². The molecule has 1 aliphatic carbocycles. The Balaban J connectivity index is 2.03. The van der Waals surface area contributed by atoms with Gasteiger partial charge in [0, 0.05) is 6.04 Å². The van der Waals surface area contributed by atoms with Crippen molar-refractivity contribution in [1.82, 2.24) is 5.32 Å². The van der Waals surface area contributed by atoms with Gasteiger partial charge in [-0.15, -0.1) is 0 Å². The molecule has 0 aromatic carbocycles. The Morgan fingerprint density at radius 2 is 1.62 bits per heavy atom. The van der Waals surface area contributed by atoms with Gasteiger partial charge in [0.15, 0.2) is 0 Å². The molecule has 13 heavy (non-hydrogen) atoms. The maximum Gasteiger partial charge on any atom is 0.0121 e. The summed E-state index contributed by atoms with van der Waals surface area (Å²) in [5.41, 5.74) is 0. The molecule has 2 rings (SSSR count). The average Bonchev–Trinajstić information content (AvgIpc) is 2.43. The van der Waals surface area contributed by atoms with E-state index in [-0.39, 0.29) is 0 Å². The third-order valence-corrected chi connectivity index (χ3v) is 3.99. The van der Waals surface area contributed by atoms with Crippen LogP contribution in [0.1, 0.15) is 51.9 Å². The first-order chi connectivity index (χ1) is 6.38. The zero-order valence-corrected chi connectivity index (χ0v) is 8.89. The lowest BCUT2D eigenvalue weighted by atomic mass is 9.86. The van der Waals surface area contributed by atoms with E-state index in [0.29, 0.717) is 0 Å². The van der Waals surface area contributed by atoms with Crippen LogP contribution in [-0.2, 0) is 0 Å². The van der Waals surface area contributed by atoms with E-state index in [1.807, 2.05) is 0 Å². The van der Waals surface area contributed by atoms with Gasteiger partial charge in [-0.3, -0.25) is 0 Å². The fourth-order valence-electron chi connectivity index (χ4n) is 3.19. The molecule has 0 aromatic rings. The highest BCUT2D eigenvalue weighted by Gasteiger charge is 2.29. The maximum absolute atomic E-state index is 3.77. The van der Waals surface area contributed by atoms with Crippen molar-refractivity contribution in [3.63, 3.8) is 0 Å². The van der Waals surface area contributed by atoms with E-state index in [9.17, 15) is 0 Å². The lowest BCUT2D eigenvalue weighted by Gasteiger charge is -2.28. The van der Waals surface area contributed by atoms with Crippen LogP contribution in [0, 0.1) is 11.8 Å². The molecular weight excluding hydrogens is 158 g/mol. The van der Waals surface area contributed by atoms with E-state index < -0.39 is 0 Å². The Bertz CT molecular complexity index is 153. The zero-order valence-electron chi connectivity index (χ0n) is 8.89. The lowest BCUT2D eigenvalue weighted by Crippen LogP contribution is -2.39. The maximum atomic E-state index is 3.77. The van der Waals surface area contributed by atoms with Gasteiger partial charge in [-0.25, -0.2) is 0 Å². The Kier molecular flexibility index (Phi) is 3.26. The summed E-state index contributed by atoms with van der Waals surface area (Å²) in [7, 11) is 0. The zero-order chi connectivity index (χ0) is 9.10. The molecule has 76 valence electrons. The van der Waals surface area contributed by atoms with Crippen LogP contribution in [0.25, 0.3) is 0 Å². The van der Waals surface area contributed by atoms with Crippen molar-refractivity contribution < 1.29 is 0 Å². The summed E-state index contributed by atoms with van der Waals surface area (Å²) in [6, 6.07) is 0.852. The summed E-state index contributed by atoms with van der Waals surface area (Å²) in [5, 5.41) is 3.77. The number of rotatable bonds is 0. The quantitative estimate of drug-likeness (QED) is 0.606. The van der Waals surface area contributed by atoms with Crippen molar-refractivity contribution in [2.45, 2.75) is 57.9 Å². The third kappa shape index (κ3) is 2.25. The summed E-state index contributed by atoms with van der Waals surface area (Å²) >= 11 is 0. The fraction of sp³-hybridized carbons (Fsp3) is 1.00. The largest absolute Gasteiger partial charge is 0.313 e. The number of nitrogens with one attached hydrogen (secondary N) is 1. The molecule has 1 saturated heterocycles. The van der Waals surface area contributed by atoms with Gasteiger partial charge >= 0.3 is 0 Å². The molecule has 0 radical (unpaired) electrons. The summed E-state index contributed by atoms with van der Waals surface area (Å²) in [6.45, 7) is 3.72. The molecule has 0 aromatic heterocycles. The van der Waals surface area contributed by atoms with E-state index in [2.05, 4.69) is 12.2 Å². The molecule has 1 unspecified atom stereocenters. The van der Waals surface area contributed by atoms with Crippen molar-refractivity contribution in [3.8, 4) is 0 Å². The van der Waals surface area contributed by atoms with Gasteiger partial charge < -0.3 is 5.32 Å². The molecule has 2 fully saturated rings. The predicted octanol–water partition coefficient (Wildman–Crippen LogP) is 2.95. The standard InChI is InChI=1S/C12H23N/c1-10-6-2-3-7-11-8-4-5-9-13-12(10)11/h10-13H,2-9H2,1H3/t10-,11+,12?/m1/s1. The van der Waals surface area contributed by atoms with Crippen LogP contribution in [-0.4, -0.2) is 12.6 Å². The molecule has 0 bridgehead atoms. The highest BCUT2D eigenvalue weighted by molar-refractivity contribution is 4.85. The Hall–Kier alpha value is -0.0400. The van der Waals surface area contributed by atoms with Crippen molar-refractivity contribution in [2.24, 2.45) is 11.8 Å². The SMILES string of the molecule is C[C@@H]1CCCC[C@H]2CCCCNC21. The van der Waals surface area contributed by atoms with Gasteiger partial charge in [-0.1, -0.05) is 26.2 Å². The van der Waals surface area contributed by atoms with Crippen LogP contribution in [0.15, 0.2) is 0 Å². The van der Waals surface area contributed by atoms with Crippen LogP contribution < -0.4 is 5.32 Å². The Labute approximate surface area is 82.3 Å². The number of hydrogen-bond donors (Lipinski definition) is 1. The molecular formula is C12H23N. The molecule has 2 aliphatic rings. The van der Waals surface area contributed by atoms with Crippen LogP contribution in [0.4, 0.5) is 0 Å². The van der Waals surface area contributed by atoms with Crippen LogP contribution >= 0.6 is 0 Å². The average molecular weight is 181 g/mol. The first-order valence-corrected chi connectivity index (χ1v) is 6.11. The molecule has 1 heterocycles. The van der Waals surface area contributed by atoms with E-state index in [1.54, 1.807) is 0 Å². The van der Waals surface area contributed by atoms with E-state index in [0.717, 1.165) is 17.9 Å². The van der Waals surface area contributed by atoms with Gasteiger partial charge in [-0.2, -0.15) is 0 Å². The molecule has 0 amide bonds. The van der Waals surface area contributed by atoms with E-state index in [4.69, 9.17) is 0 Å². The van der Waals surface area contributed by atoms with Gasteiger partial charge in [0.2, 0.25) is 0 Å². The van der Waals surface area contributed by atoms with E-state index in [1.165, 1.54) is 51.5 Å². The van der Waals surface area contributed by atoms with Crippen LogP contribution in [0.3, 0.4) is 0 Å². The first-order valence-electron chi connectivity index (χ1n) is 6.11. The highest BCUT2D eigenvalue weighted by Crippen LogP contribution is 2.32. The van der Waals surface area contributed by atoms with Gasteiger partial charge in [-0.05, 0) is 44.1 Å². The summed E-state index contributed by atoms with van der Waals surface area (Å²) < 4.78 is 0. The highest BCUT2D eigenvalue weighted by atomic mass is 14.9. The number of fused-ring (bicyclic) bond motifs is 1. The minimum absolute atomic E-state index is 0.852. The Morgan fingerprint density at radius 1 is 0.923 bits per heavy atom. The van der Waals surface area contributed by atoms with Gasteiger partial charge in [0.05, 0.1) is 0 Å². The fourth-order valence-corrected chi connectivity index (χ4v) is 3.19. The minimum atomic E-state index is 0.852. The molecule has 1 aliphatic heterocycles. The van der Waals surface area contributed by atoms with Crippen molar-refractivity contribution in [1.29, 1.82) is 0 Å². The lowest BCUT2D eigenvalue weighted by molar-refractivity contribution is 0.279. The number of hydrogen-bond acceptors (Lipinski definition) is 1. The second kappa shape index (κ2) is 4.45. The second-order valence-electron chi connectivity index (χ2n) is 5.00. The topological polar surface area (TPSA) is 12.0 Å². The monoisotopic (exact) mass is 181 g/mol. The molecule has 1 nitrogen and oxygen atoms in total. The van der Waals surface area contributed by atoms with Crippen molar-refractivity contribution in [2.75, 3.05) is 6.54 Å². The smallest absolute Gasteiger partial charge is 0.0121 e. The molecule has 3 atom stereocenters. The third-order valence-electron chi connectivity index (χ3n) is 3.99. The van der Waals surface area contributed by atoms with Crippen molar-refractivity contribution >= 4 is 0 Å². The minimum Gasteiger partial charge on any atom is -0.313 e. The first kappa shape index (κ1) is 9.51. The molecule has 1 N–H and O–H groups in total. The van der Waals surface area contributed by atoms with E-state index >= 15 is 0 Å². The molecule has 1 saturated carbocycles. The summed E-state index contributed by atoms with van der Waals surface area (Å²) in [4.78, 5) is 0. The molecule has 1 heteroatoms. The van der Waals surface area contributed by atoms with Crippen LogP contribution in [0.2, 0.25) is 0 Å².